The second-order valence-electron chi connectivity index (χ2n) is 7.70. The highest BCUT2D eigenvalue weighted by molar-refractivity contribution is 7.12. The van der Waals surface area contributed by atoms with Crippen molar-refractivity contribution >= 4 is 29.2 Å². The fraction of sp³-hybridized carbons (Fsp3) is 0.364. The average Bonchev–Trinajstić information content (AvgIpc) is 3.10. The van der Waals surface area contributed by atoms with Crippen molar-refractivity contribution in [2.75, 3.05) is 7.11 Å². The first kappa shape index (κ1) is 20.1. The van der Waals surface area contributed by atoms with Gasteiger partial charge in [0.15, 0.2) is 0 Å². The van der Waals surface area contributed by atoms with Crippen LogP contribution < -0.4 is 5.32 Å². The number of benzene rings is 1. The van der Waals surface area contributed by atoms with E-state index in [0.29, 0.717) is 0 Å². The number of carbonyl (C=O) groups is 1. The molecule has 1 aliphatic carbocycles. The molecule has 0 bridgehead atoms. The number of nitrogens with one attached hydrogen (secondary N) is 1. The molecule has 2 aromatic rings. The van der Waals surface area contributed by atoms with Crippen molar-refractivity contribution in [3.63, 3.8) is 0 Å². The minimum Gasteiger partial charge on any atom is -0.444 e. The van der Waals surface area contributed by atoms with Crippen LogP contribution in [0.4, 0.5) is 4.79 Å². The van der Waals surface area contributed by atoms with Crippen LogP contribution in [0.3, 0.4) is 0 Å². The summed E-state index contributed by atoms with van der Waals surface area (Å²) in [5.41, 5.74) is 3.53. The molecule has 1 aromatic heterocycles. The largest absolute Gasteiger partial charge is 0.444 e. The molecule has 0 spiro atoms. The van der Waals surface area contributed by atoms with E-state index in [-0.39, 0.29) is 12.0 Å². The van der Waals surface area contributed by atoms with Crippen LogP contribution in [0.25, 0.3) is 6.08 Å². The maximum atomic E-state index is 12.6. The molecular weight excluding hydrogens is 372 g/mol. The van der Waals surface area contributed by atoms with Crippen molar-refractivity contribution in [2.45, 2.75) is 45.3 Å². The summed E-state index contributed by atoms with van der Waals surface area (Å²) in [5.74, 6) is -0.0364. The Morgan fingerprint density at radius 3 is 2.64 bits per heavy atom. The Morgan fingerprint density at radius 2 is 1.93 bits per heavy atom. The quantitative estimate of drug-likeness (QED) is 0.547. The molecule has 3 rings (SSSR count). The molecule has 148 valence electrons. The summed E-state index contributed by atoms with van der Waals surface area (Å²) in [6, 6.07) is 9.94. The van der Waals surface area contributed by atoms with E-state index >= 15 is 0 Å². The first-order valence-electron chi connectivity index (χ1n) is 9.22. The Bertz CT molecular complexity index is 909. The molecule has 0 radical (unpaired) electrons. The zero-order chi connectivity index (χ0) is 20.3. The SMILES string of the molecule is CO/N=C(\C)c1sccc1[C@H]1C=Cc2ccccc2C1NC(=O)OC(C)(C)C. The number of oxime groups is 1. The molecule has 0 aliphatic heterocycles. The molecule has 1 aliphatic rings. The third kappa shape index (κ3) is 4.44. The van der Waals surface area contributed by atoms with Gasteiger partial charge in [0.2, 0.25) is 0 Å². The first-order valence-corrected chi connectivity index (χ1v) is 10.1. The summed E-state index contributed by atoms with van der Waals surface area (Å²) in [4.78, 5) is 18.6. The van der Waals surface area contributed by atoms with Crippen LogP contribution in [0.2, 0.25) is 0 Å². The molecule has 0 saturated carbocycles. The number of thiophene rings is 1. The Kier molecular flexibility index (Phi) is 5.89. The molecule has 0 saturated heterocycles. The highest BCUT2D eigenvalue weighted by atomic mass is 32.1. The number of ether oxygens (including phenoxy) is 1. The van der Waals surface area contributed by atoms with Crippen LogP contribution in [0, 0.1) is 0 Å². The van der Waals surface area contributed by atoms with Crippen molar-refractivity contribution in [3.05, 3.63) is 63.4 Å². The molecule has 1 aromatic carbocycles. The lowest BCUT2D eigenvalue weighted by Gasteiger charge is -2.32. The van der Waals surface area contributed by atoms with Gasteiger partial charge in [0.25, 0.3) is 0 Å². The second kappa shape index (κ2) is 8.19. The van der Waals surface area contributed by atoms with E-state index in [1.807, 2.05) is 45.2 Å². The topological polar surface area (TPSA) is 59.9 Å². The van der Waals surface area contributed by atoms with E-state index < -0.39 is 11.7 Å². The smallest absolute Gasteiger partial charge is 0.408 e. The van der Waals surface area contributed by atoms with Crippen molar-refractivity contribution in [2.24, 2.45) is 5.16 Å². The second-order valence-corrected chi connectivity index (χ2v) is 8.62. The minimum atomic E-state index is -0.557. The van der Waals surface area contributed by atoms with E-state index in [9.17, 15) is 4.79 Å². The number of nitrogens with zero attached hydrogens (tertiary/aromatic N) is 1. The van der Waals surface area contributed by atoms with Crippen LogP contribution >= 0.6 is 11.3 Å². The number of fused-ring (bicyclic) bond motifs is 1. The maximum absolute atomic E-state index is 12.6. The normalized spacial score (nSPS) is 19.1. The van der Waals surface area contributed by atoms with E-state index in [0.717, 1.165) is 27.3 Å². The van der Waals surface area contributed by atoms with Gasteiger partial charge < -0.3 is 14.9 Å². The minimum absolute atomic E-state index is 0.0364. The summed E-state index contributed by atoms with van der Waals surface area (Å²) in [7, 11) is 1.54. The lowest BCUT2D eigenvalue weighted by atomic mass is 9.80. The van der Waals surface area contributed by atoms with Gasteiger partial charge in [0.05, 0.1) is 16.6 Å². The summed E-state index contributed by atoms with van der Waals surface area (Å²) in [6.07, 6.45) is 3.82. The Morgan fingerprint density at radius 1 is 1.18 bits per heavy atom. The third-order valence-corrected chi connectivity index (χ3v) is 5.50. The number of carbonyl (C=O) groups excluding carboxylic acids is 1. The van der Waals surface area contributed by atoms with Gasteiger partial charge in [-0.1, -0.05) is 41.6 Å². The molecule has 2 atom stereocenters. The number of rotatable bonds is 4. The fourth-order valence-corrected chi connectivity index (χ4v) is 4.30. The van der Waals surface area contributed by atoms with E-state index in [1.54, 1.807) is 18.4 Å². The Labute approximate surface area is 170 Å². The molecule has 1 unspecified atom stereocenters. The zero-order valence-electron chi connectivity index (χ0n) is 16.9. The van der Waals surface area contributed by atoms with Gasteiger partial charge in [-0.25, -0.2) is 4.79 Å². The standard InChI is InChI=1S/C22H26N2O3S/c1-14(24-26-5)20-18(12-13-28-20)17-11-10-15-8-6-7-9-16(15)19(17)23-21(25)27-22(2,3)4/h6-13,17,19H,1-5H3,(H,23,25)/b24-14+/t17-,19?/m1/s1. The van der Waals surface area contributed by atoms with Gasteiger partial charge in [-0.3, -0.25) is 0 Å². The average molecular weight is 399 g/mol. The van der Waals surface area contributed by atoms with Crippen LogP contribution in [0.15, 0.2) is 46.9 Å². The van der Waals surface area contributed by atoms with Gasteiger partial charge in [-0.2, -0.15) is 0 Å². The molecule has 1 N–H and O–H groups in total. The van der Waals surface area contributed by atoms with Crippen molar-refractivity contribution in [3.8, 4) is 0 Å². The highest BCUT2D eigenvalue weighted by Gasteiger charge is 2.32. The summed E-state index contributed by atoms with van der Waals surface area (Å²) in [5, 5.41) is 9.22. The maximum Gasteiger partial charge on any atom is 0.408 e. The monoisotopic (exact) mass is 398 g/mol. The van der Waals surface area contributed by atoms with Crippen molar-refractivity contribution < 1.29 is 14.4 Å². The molecule has 6 heteroatoms. The lowest BCUT2D eigenvalue weighted by Crippen LogP contribution is -2.38. The van der Waals surface area contributed by atoms with Crippen LogP contribution in [-0.4, -0.2) is 24.5 Å². The fourth-order valence-electron chi connectivity index (χ4n) is 3.40. The van der Waals surface area contributed by atoms with Crippen molar-refractivity contribution in [1.29, 1.82) is 0 Å². The van der Waals surface area contributed by atoms with E-state index in [2.05, 4.69) is 40.8 Å². The number of hydrogen-bond acceptors (Lipinski definition) is 5. The summed E-state index contributed by atoms with van der Waals surface area (Å²) in [6.45, 7) is 7.51. The van der Waals surface area contributed by atoms with Crippen molar-refractivity contribution in [1.82, 2.24) is 5.32 Å². The Balaban J connectivity index is 2.00. The van der Waals surface area contributed by atoms with Gasteiger partial charge in [0, 0.05) is 5.92 Å². The summed E-state index contributed by atoms with van der Waals surface area (Å²) < 4.78 is 5.52. The van der Waals surface area contributed by atoms with E-state index in [4.69, 9.17) is 9.57 Å². The number of amides is 1. The molecule has 5 nitrogen and oxygen atoms in total. The van der Waals surface area contributed by atoms with Crippen LogP contribution in [0.5, 0.6) is 0 Å². The van der Waals surface area contributed by atoms with Gasteiger partial charge in [-0.05, 0) is 55.8 Å². The molecule has 1 amide bonds. The lowest BCUT2D eigenvalue weighted by molar-refractivity contribution is 0.0499. The highest BCUT2D eigenvalue weighted by Crippen LogP contribution is 2.41. The third-order valence-electron chi connectivity index (χ3n) is 4.46. The van der Waals surface area contributed by atoms with E-state index in [1.165, 1.54) is 0 Å². The number of alkyl carbamates (subject to hydrolysis) is 1. The van der Waals surface area contributed by atoms with Crippen LogP contribution in [-0.2, 0) is 9.57 Å². The predicted octanol–water partition coefficient (Wildman–Crippen LogP) is 5.49. The predicted molar refractivity (Wildman–Crippen MR) is 114 cm³/mol. The first-order chi connectivity index (χ1) is 13.3. The molecular formula is C22H26N2O3S. The Hall–Kier alpha value is -2.60. The zero-order valence-corrected chi connectivity index (χ0v) is 17.7. The van der Waals surface area contributed by atoms with Gasteiger partial charge >= 0.3 is 6.09 Å². The number of hydrogen-bond donors (Lipinski definition) is 1. The molecule has 1 heterocycles. The summed E-state index contributed by atoms with van der Waals surface area (Å²) >= 11 is 1.61. The van der Waals surface area contributed by atoms with Crippen LogP contribution in [0.1, 0.15) is 61.2 Å². The molecule has 0 fully saturated rings. The van der Waals surface area contributed by atoms with Gasteiger partial charge in [0.1, 0.15) is 12.7 Å². The van der Waals surface area contributed by atoms with Gasteiger partial charge in [-0.15, -0.1) is 11.3 Å². The molecule has 28 heavy (non-hydrogen) atoms.